The van der Waals surface area contributed by atoms with Crippen LogP contribution in [0.15, 0.2) is 24.3 Å². The highest BCUT2D eigenvalue weighted by atomic mass is 28.4. The van der Waals surface area contributed by atoms with Crippen LogP contribution in [-0.4, -0.2) is 27.1 Å². The molecule has 0 unspecified atom stereocenters. The highest BCUT2D eigenvalue weighted by Crippen LogP contribution is 2.37. The van der Waals surface area contributed by atoms with Crippen molar-refractivity contribution in [1.29, 1.82) is 0 Å². The molecule has 2 atom stereocenters. The predicted molar refractivity (Wildman–Crippen MR) is 110 cm³/mol. The number of rotatable bonds is 5. The second-order valence-corrected chi connectivity index (χ2v) is 15.0. The highest BCUT2D eigenvalue weighted by Gasteiger charge is 2.38. The molecule has 0 aliphatic carbocycles. The van der Waals surface area contributed by atoms with Gasteiger partial charge in [-0.3, -0.25) is 0 Å². The van der Waals surface area contributed by atoms with E-state index in [2.05, 4.69) is 78.9 Å². The van der Waals surface area contributed by atoms with Gasteiger partial charge in [0, 0.05) is 0 Å². The zero-order chi connectivity index (χ0) is 18.9. The van der Waals surface area contributed by atoms with Gasteiger partial charge < -0.3 is 9.16 Å². The summed E-state index contributed by atoms with van der Waals surface area (Å²) in [4.78, 5) is 0. The lowest BCUT2D eigenvalue weighted by atomic mass is 9.86. The third-order valence-electron chi connectivity index (χ3n) is 5.92. The molecule has 0 radical (unpaired) electrons. The van der Waals surface area contributed by atoms with E-state index in [1.54, 1.807) is 0 Å². The quantitative estimate of drug-likeness (QED) is 0.590. The van der Waals surface area contributed by atoms with Crippen LogP contribution in [0.3, 0.4) is 0 Å². The summed E-state index contributed by atoms with van der Waals surface area (Å²) in [6.07, 6.45) is 3.90. The van der Waals surface area contributed by atoms with Gasteiger partial charge in [-0.1, -0.05) is 65.8 Å². The standard InChI is InChI=1S/C22H38O2Si/c1-21(2,3)18-11-9-17(10-12-18)15-19-13-14-20(24-19)16-23-25(7,8)22(4,5)6/h9-12,19-20H,13-16H2,1-8H3/t19-,20-/m1/s1. The molecule has 25 heavy (non-hydrogen) atoms. The van der Waals surface area contributed by atoms with Crippen molar-refractivity contribution < 1.29 is 9.16 Å². The zero-order valence-corrected chi connectivity index (χ0v) is 18.6. The number of hydrogen-bond donors (Lipinski definition) is 0. The Hall–Kier alpha value is -0.643. The predicted octanol–water partition coefficient (Wildman–Crippen LogP) is 6.10. The van der Waals surface area contributed by atoms with Gasteiger partial charge in [-0.15, -0.1) is 0 Å². The summed E-state index contributed by atoms with van der Waals surface area (Å²) in [7, 11) is -1.67. The van der Waals surface area contributed by atoms with Crippen molar-refractivity contribution in [3.8, 4) is 0 Å². The molecule has 1 saturated heterocycles. The van der Waals surface area contributed by atoms with E-state index in [4.69, 9.17) is 9.16 Å². The van der Waals surface area contributed by atoms with Crippen molar-refractivity contribution in [1.82, 2.24) is 0 Å². The summed E-state index contributed by atoms with van der Waals surface area (Å²) in [6.45, 7) is 19.0. The molecule has 0 N–H and O–H groups in total. The van der Waals surface area contributed by atoms with E-state index >= 15 is 0 Å². The molecule has 1 aromatic carbocycles. The van der Waals surface area contributed by atoms with Crippen molar-refractivity contribution in [2.45, 2.75) is 96.6 Å². The van der Waals surface area contributed by atoms with Crippen LogP contribution in [-0.2, 0) is 21.0 Å². The first-order chi connectivity index (χ1) is 11.4. The van der Waals surface area contributed by atoms with Gasteiger partial charge in [-0.05, 0) is 53.9 Å². The Kier molecular flexibility index (Phi) is 6.23. The van der Waals surface area contributed by atoms with Gasteiger partial charge in [0.25, 0.3) is 0 Å². The van der Waals surface area contributed by atoms with E-state index < -0.39 is 8.32 Å². The Labute approximate surface area is 156 Å². The minimum absolute atomic E-state index is 0.217. The van der Waals surface area contributed by atoms with E-state index in [0.29, 0.717) is 6.10 Å². The monoisotopic (exact) mass is 362 g/mol. The summed E-state index contributed by atoms with van der Waals surface area (Å²) in [5.41, 5.74) is 2.99. The smallest absolute Gasteiger partial charge is 0.192 e. The Morgan fingerprint density at radius 2 is 1.52 bits per heavy atom. The third kappa shape index (κ3) is 5.67. The van der Waals surface area contributed by atoms with Crippen LogP contribution in [0.4, 0.5) is 0 Å². The fourth-order valence-corrected chi connectivity index (χ4v) is 4.01. The van der Waals surface area contributed by atoms with Crippen molar-refractivity contribution >= 4 is 8.32 Å². The molecule has 1 heterocycles. The topological polar surface area (TPSA) is 18.5 Å². The summed E-state index contributed by atoms with van der Waals surface area (Å²) in [5.74, 6) is 0. The Balaban J connectivity index is 1.83. The Bertz CT molecular complexity index is 549. The van der Waals surface area contributed by atoms with E-state index in [-0.39, 0.29) is 16.6 Å². The van der Waals surface area contributed by atoms with Gasteiger partial charge in [0.05, 0.1) is 18.8 Å². The van der Waals surface area contributed by atoms with Gasteiger partial charge >= 0.3 is 0 Å². The Morgan fingerprint density at radius 3 is 2.04 bits per heavy atom. The minimum Gasteiger partial charge on any atom is -0.414 e. The molecule has 142 valence electrons. The van der Waals surface area contributed by atoms with Gasteiger partial charge in [0.15, 0.2) is 8.32 Å². The zero-order valence-electron chi connectivity index (χ0n) is 17.6. The molecule has 1 aliphatic rings. The SMILES string of the molecule is CC(C)(C)c1ccc(C[C@H]2CC[C@H](CO[Si](C)(C)C(C)(C)C)O2)cc1. The summed E-state index contributed by atoms with van der Waals surface area (Å²) in [5, 5.41) is 0.264. The lowest BCUT2D eigenvalue weighted by Gasteiger charge is -2.36. The molecule has 0 aromatic heterocycles. The van der Waals surface area contributed by atoms with Crippen molar-refractivity contribution in [3.05, 3.63) is 35.4 Å². The van der Waals surface area contributed by atoms with Gasteiger partial charge in [0.2, 0.25) is 0 Å². The Morgan fingerprint density at radius 1 is 0.960 bits per heavy atom. The first-order valence-corrected chi connectivity index (χ1v) is 12.7. The first kappa shape index (κ1) is 20.7. The van der Waals surface area contributed by atoms with Crippen molar-refractivity contribution in [2.24, 2.45) is 0 Å². The maximum Gasteiger partial charge on any atom is 0.192 e. The van der Waals surface area contributed by atoms with Crippen LogP contribution in [0.2, 0.25) is 18.1 Å². The van der Waals surface area contributed by atoms with Gasteiger partial charge in [-0.2, -0.15) is 0 Å². The lowest BCUT2D eigenvalue weighted by Crippen LogP contribution is -2.42. The fraction of sp³-hybridized carbons (Fsp3) is 0.727. The highest BCUT2D eigenvalue weighted by molar-refractivity contribution is 6.74. The maximum atomic E-state index is 6.34. The molecule has 3 heteroatoms. The van der Waals surface area contributed by atoms with Crippen LogP contribution in [0, 0.1) is 0 Å². The molecule has 1 fully saturated rings. The average Bonchev–Trinajstić information content (AvgIpc) is 2.91. The minimum atomic E-state index is -1.67. The molecule has 0 spiro atoms. The van der Waals surface area contributed by atoms with E-state index in [9.17, 15) is 0 Å². The third-order valence-corrected chi connectivity index (χ3v) is 10.4. The molecular weight excluding hydrogens is 324 g/mol. The van der Waals surface area contributed by atoms with E-state index in [0.717, 1.165) is 25.9 Å². The molecule has 1 aromatic rings. The maximum absolute atomic E-state index is 6.34. The van der Waals surface area contributed by atoms with E-state index in [1.165, 1.54) is 11.1 Å². The fourth-order valence-electron chi connectivity index (χ4n) is 2.97. The molecule has 2 rings (SSSR count). The van der Waals surface area contributed by atoms with Crippen LogP contribution < -0.4 is 0 Å². The van der Waals surface area contributed by atoms with Crippen LogP contribution >= 0.6 is 0 Å². The van der Waals surface area contributed by atoms with Crippen LogP contribution in [0.1, 0.15) is 65.5 Å². The van der Waals surface area contributed by atoms with Crippen molar-refractivity contribution in [3.63, 3.8) is 0 Å². The molecule has 0 saturated carbocycles. The van der Waals surface area contributed by atoms with Gasteiger partial charge in [0.1, 0.15) is 0 Å². The molecule has 0 bridgehead atoms. The number of hydrogen-bond acceptors (Lipinski definition) is 2. The lowest BCUT2D eigenvalue weighted by molar-refractivity contribution is 0.0153. The van der Waals surface area contributed by atoms with Crippen LogP contribution in [0.25, 0.3) is 0 Å². The second-order valence-electron chi connectivity index (χ2n) is 10.2. The second kappa shape index (κ2) is 7.54. The molecule has 1 aliphatic heterocycles. The molecular formula is C22H38O2Si. The van der Waals surface area contributed by atoms with Crippen LogP contribution in [0.5, 0.6) is 0 Å². The number of ether oxygens (including phenoxy) is 1. The molecule has 2 nitrogen and oxygen atoms in total. The summed E-state index contributed by atoms with van der Waals surface area (Å²) < 4.78 is 12.6. The summed E-state index contributed by atoms with van der Waals surface area (Å²) in [6, 6.07) is 9.07. The largest absolute Gasteiger partial charge is 0.414 e. The first-order valence-electron chi connectivity index (χ1n) is 9.77. The number of benzene rings is 1. The van der Waals surface area contributed by atoms with Crippen molar-refractivity contribution in [2.75, 3.05) is 6.61 Å². The molecule has 0 amide bonds. The van der Waals surface area contributed by atoms with Gasteiger partial charge in [-0.25, -0.2) is 0 Å². The average molecular weight is 363 g/mol. The summed E-state index contributed by atoms with van der Waals surface area (Å²) >= 11 is 0. The normalized spacial score (nSPS) is 22.4. The van der Waals surface area contributed by atoms with E-state index in [1.807, 2.05) is 0 Å².